The zero-order valence-corrected chi connectivity index (χ0v) is 18.5. The topological polar surface area (TPSA) is 92.0 Å². The highest BCUT2D eigenvalue weighted by Crippen LogP contribution is 2.38. The Hall–Kier alpha value is -1.61. The van der Waals surface area contributed by atoms with E-state index in [-0.39, 0.29) is 18.5 Å². The van der Waals surface area contributed by atoms with Gasteiger partial charge in [0.2, 0.25) is 5.91 Å². The normalized spacial score (nSPS) is 19.6. The summed E-state index contributed by atoms with van der Waals surface area (Å²) in [5.74, 6) is 0.258. The van der Waals surface area contributed by atoms with Crippen molar-refractivity contribution in [3.05, 3.63) is 29.8 Å². The predicted octanol–water partition coefficient (Wildman–Crippen LogP) is 2.11. The first kappa shape index (κ1) is 23.7. The number of carbonyl (C=O) groups is 1. The van der Waals surface area contributed by atoms with Crippen LogP contribution < -0.4 is 15.8 Å². The van der Waals surface area contributed by atoms with Crippen LogP contribution in [0.5, 0.6) is 5.75 Å². The molecule has 1 fully saturated rings. The lowest BCUT2D eigenvalue weighted by atomic mass is 9.75. The van der Waals surface area contributed by atoms with E-state index < -0.39 is 24.4 Å². The number of amides is 1. The average molecular weight is 406 g/mol. The third kappa shape index (κ3) is 6.19. The van der Waals surface area contributed by atoms with Gasteiger partial charge in [-0.05, 0) is 64.7 Å². The van der Waals surface area contributed by atoms with Gasteiger partial charge in [-0.1, -0.05) is 12.1 Å². The quantitative estimate of drug-likeness (QED) is 0.579. The van der Waals surface area contributed by atoms with Crippen molar-refractivity contribution < 1.29 is 23.6 Å². The number of hydrogen-bond donors (Lipinski definition) is 2. The van der Waals surface area contributed by atoms with E-state index >= 15 is 0 Å². The van der Waals surface area contributed by atoms with Crippen LogP contribution in [0, 0.1) is 0 Å². The summed E-state index contributed by atoms with van der Waals surface area (Å²) < 4.78 is 22.6. The zero-order chi connectivity index (χ0) is 21.7. The summed E-state index contributed by atoms with van der Waals surface area (Å²) in [6, 6.07) is 7.26. The zero-order valence-electron chi connectivity index (χ0n) is 18.5. The van der Waals surface area contributed by atoms with Crippen molar-refractivity contribution >= 4 is 13.0 Å². The molecule has 1 aliphatic rings. The molecule has 1 saturated heterocycles. The van der Waals surface area contributed by atoms with Gasteiger partial charge in [0.05, 0.1) is 30.9 Å². The van der Waals surface area contributed by atoms with Gasteiger partial charge in [-0.2, -0.15) is 0 Å². The van der Waals surface area contributed by atoms with Gasteiger partial charge in [-0.15, -0.1) is 0 Å². The number of aryl methyl sites for hydroxylation is 1. The number of nitrogens with two attached hydrogens (primary N) is 1. The smallest absolute Gasteiger partial charge is 0.481 e. The molecule has 2 rings (SSSR count). The van der Waals surface area contributed by atoms with Crippen molar-refractivity contribution in [1.29, 1.82) is 0 Å². The molecule has 0 radical (unpaired) electrons. The van der Waals surface area contributed by atoms with E-state index in [1.807, 2.05) is 45.9 Å². The standard InChI is InChI=1S/C21H35BN2O5/c1-20(2)21(3,4)29-22(28-20)18(24-19(25)17(23)14-26-5)12-8-10-15-9-7-11-16(13-15)27-6/h7,9,11,13,17-18H,8,10,12,14,23H2,1-6H3,(H,24,25)/t17?,18-/m0/s1. The Balaban J connectivity index is 2.05. The van der Waals surface area contributed by atoms with Crippen molar-refractivity contribution in [2.45, 2.75) is 70.1 Å². The number of hydrogen-bond acceptors (Lipinski definition) is 6. The molecule has 162 valence electrons. The molecule has 1 aromatic carbocycles. The van der Waals surface area contributed by atoms with E-state index in [2.05, 4.69) is 11.4 Å². The molecule has 0 saturated carbocycles. The largest absolute Gasteiger partial charge is 0.497 e. The molecular formula is C21H35BN2O5. The van der Waals surface area contributed by atoms with Gasteiger partial charge in [0.15, 0.2) is 0 Å². The Morgan fingerprint density at radius 3 is 2.45 bits per heavy atom. The fourth-order valence-electron chi connectivity index (χ4n) is 3.23. The molecule has 1 aliphatic heterocycles. The number of benzene rings is 1. The first-order chi connectivity index (χ1) is 13.6. The first-order valence-corrected chi connectivity index (χ1v) is 10.1. The third-order valence-electron chi connectivity index (χ3n) is 5.73. The second kappa shape index (κ2) is 9.93. The summed E-state index contributed by atoms with van der Waals surface area (Å²) in [4.78, 5) is 12.5. The van der Waals surface area contributed by atoms with Crippen molar-refractivity contribution in [1.82, 2.24) is 5.32 Å². The van der Waals surface area contributed by atoms with Crippen LogP contribution in [0.1, 0.15) is 46.1 Å². The van der Waals surface area contributed by atoms with Gasteiger partial charge in [-0.3, -0.25) is 4.79 Å². The lowest BCUT2D eigenvalue weighted by Gasteiger charge is -2.32. The molecule has 1 unspecified atom stereocenters. The Labute approximate surface area is 174 Å². The third-order valence-corrected chi connectivity index (χ3v) is 5.73. The SMILES string of the molecule is COCC(N)C(=O)N[C@@H](CCCc1cccc(OC)c1)B1OC(C)(C)C(C)(C)O1. The summed E-state index contributed by atoms with van der Waals surface area (Å²) in [5.41, 5.74) is 6.14. The van der Waals surface area contributed by atoms with Crippen LogP contribution in [-0.4, -0.2) is 57.0 Å². The number of ether oxygens (including phenoxy) is 2. The lowest BCUT2D eigenvalue weighted by Crippen LogP contribution is -2.53. The number of rotatable bonds is 10. The monoisotopic (exact) mass is 406 g/mol. The molecule has 29 heavy (non-hydrogen) atoms. The molecular weight excluding hydrogens is 371 g/mol. The van der Waals surface area contributed by atoms with Crippen LogP contribution in [0.15, 0.2) is 24.3 Å². The molecule has 1 heterocycles. The Bertz CT molecular complexity index is 667. The minimum Gasteiger partial charge on any atom is -0.497 e. The van der Waals surface area contributed by atoms with E-state index in [1.54, 1.807) is 7.11 Å². The molecule has 3 N–H and O–H groups in total. The van der Waals surface area contributed by atoms with E-state index in [0.717, 1.165) is 18.6 Å². The maximum Gasteiger partial charge on any atom is 0.481 e. The molecule has 1 aromatic rings. The van der Waals surface area contributed by atoms with E-state index in [9.17, 15) is 4.79 Å². The van der Waals surface area contributed by atoms with Gasteiger partial charge in [-0.25, -0.2) is 0 Å². The molecule has 0 aliphatic carbocycles. The van der Waals surface area contributed by atoms with Crippen molar-refractivity contribution in [3.63, 3.8) is 0 Å². The van der Waals surface area contributed by atoms with E-state index in [1.165, 1.54) is 12.7 Å². The van der Waals surface area contributed by atoms with Gasteiger partial charge in [0.25, 0.3) is 0 Å². The molecule has 0 bridgehead atoms. The maximum atomic E-state index is 12.5. The summed E-state index contributed by atoms with van der Waals surface area (Å²) in [7, 11) is 2.64. The van der Waals surface area contributed by atoms with Gasteiger partial charge >= 0.3 is 7.12 Å². The number of carbonyl (C=O) groups excluding carboxylic acids is 1. The van der Waals surface area contributed by atoms with Gasteiger partial charge in [0, 0.05) is 7.11 Å². The Morgan fingerprint density at radius 2 is 1.86 bits per heavy atom. The first-order valence-electron chi connectivity index (χ1n) is 10.1. The Kier molecular flexibility index (Phi) is 8.11. The van der Waals surface area contributed by atoms with Crippen LogP contribution in [0.2, 0.25) is 0 Å². The van der Waals surface area contributed by atoms with Crippen molar-refractivity contribution in [3.8, 4) is 5.75 Å². The molecule has 8 heteroatoms. The Morgan fingerprint density at radius 1 is 1.21 bits per heavy atom. The molecule has 7 nitrogen and oxygen atoms in total. The van der Waals surface area contributed by atoms with E-state index in [4.69, 9.17) is 24.5 Å². The van der Waals surface area contributed by atoms with Crippen LogP contribution >= 0.6 is 0 Å². The highest BCUT2D eigenvalue weighted by atomic mass is 16.7. The lowest BCUT2D eigenvalue weighted by molar-refractivity contribution is -0.123. The fourth-order valence-corrected chi connectivity index (χ4v) is 3.23. The van der Waals surface area contributed by atoms with Crippen LogP contribution in [0.25, 0.3) is 0 Å². The average Bonchev–Trinajstić information content (AvgIpc) is 2.88. The second-order valence-corrected chi connectivity index (χ2v) is 8.55. The maximum absolute atomic E-state index is 12.5. The fraction of sp³-hybridized carbons (Fsp3) is 0.667. The van der Waals surface area contributed by atoms with Crippen LogP contribution in [0.3, 0.4) is 0 Å². The summed E-state index contributed by atoms with van der Waals surface area (Å²) >= 11 is 0. The van der Waals surface area contributed by atoms with Gasteiger partial charge < -0.3 is 29.8 Å². The van der Waals surface area contributed by atoms with Crippen LogP contribution in [-0.2, 0) is 25.3 Å². The minimum atomic E-state index is -0.733. The second-order valence-electron chi connectivity index (χ2n) is 8.55. The summed E-state index contributed by atoms with van der Waals surface area (Å²) in [6.07, 6.45) is 2.40. The van der Waals surface area contributed by atoms with Crippen molar-refractivity contribution in [2.75, 3.05) is 20.8 Å². The number of methoxy groups -OCH3 is 2. The minimum absolute atomic E-state index is 0.158. The molecule has 0 spiro atoms. The summed E-state index contributed by atoms with van der Waals surface area (Å²) in [5, 5.41) is 3.01. The molecule has 2 atom stereocenters. The van der Waals surface area contributed by atoms with Crippen molar-refractivity contribution in [2.24, 2.45) is 5.73 Å². The highest BCUT2D eigenvalue weighted by molar-refractivity contribution is 6.48. The number of nitrogens with one attached hydrogen (secondary N) is 1. The molecule has 1 amide bonds. The predicted molar refractivity (Wildman–Crippen MR) is 114 cm³/mol. The van der Waals surface area contributed by atoms with Crippen LogP contribution in [0.4, 0.5) is 0 Å². The summed E-state index contributed by atoms with van der Waals surface area (Å²) in [6.45, 7) is 8.15. The highest BCUT2D eigenvalue weighted by Gasteiger charge is 2.54. The van der Waals surface area contributed by atoms with Gasteiger partial charge in [0.1, 0.15) is 11.8 Å². The van der Waals surface area contributed by atoms with E-state index in [0.29, 0.717) is 6.42 Å². The molecule has 0 aromatic heterocycles.